The van der Waals surface area contributed by atoms with Gasteiger partial charge in [-0.05, 0) is 40.0 Å². The van der Waals surface area contributed by atoms with Crippen LogP contribution in [0.1, 0.15) is 46.5 Å². The number of amides is 1. The molecule has 1 fully saturated rings. The molecule has 0 aromatic rings. The molecule has 1 unspecified atom stereocenters. The summed E-state index contributed by atoms with van der Waals surface area (Å²) >= 11 is 0. The van der Waals surface area contributed by atoms with Crippen LogP contribution in [0.15, 0.2) is 0 Å². The molecule has 1 aliphatic heterocycles. The van der Waals surface area contributed by atoms with Crippen molar-refractivity contribution in [3.8, 4) is 0 Å². The van der Waals surface area contributed by atoms with Crippen molar-refractivity contribution in [2.24, 2.45) is 0 Å². The number of halogens is 3. The lowest BCUT2D eigenvalue weighted by Crippen LogP contribution is -2.50. The Kier molecular flexibility index (Phi) is 6.31. The number of ether oxygens (including phenoxy) is 1. The van der Waals surface area contributed by atoms with E-state index in [2.05, 4.69) is 5.32 Å². The number of alkyl halides is 3. The number of piperidine rings is 1. The first kappa shape index (κ1) is 18.1. The second-order valence-electron chi connectivity index (χ2n) is 6.39. The maximum atomic E-state index is 12.1. The van der Waals surface area contributed by atoms with Gasteiger partial charge in [-0.2, -0.15) is 13.2 Å². The summed E-state index contributed by atoms with van der Waals surface area (Å²) in [6.45, 7) is 6.24. The molecule has 1 atom stereocenters. The fraction of sp³-hybridized carbons (Fsp3) is 0.929. The number of hydrogen-bond acceptors (Lipinski definition) is 3. The number of nitrogens with one attached hydrogen (secondary N) is 1. The molecule has 124 valence electrons. The molecule has 0 aromatic heterocycles. The zero-order chi connectivity index (χ0) is 16.1. The first-order valence-corrected chi connectivity index (χ1v) is 7.35. The minimum atomic E-state index is -4.15. The van der Waals surface area contributed by atoms with E-state index in [0.29, 0.717) is 13.1 Å². The molecule has 1 amide bonds. The van der Waals surface area contributed by atoms with Crippen molar-refractivity contribution in [1.82, 2.24) is 10.2 Å². The topological polar surface area (TPSA) is 41.6 Å². The monoisotopic (exact) mass is 310 g/mol. The Hall–Kier alpha value is -0.980. The zero-order valence-electron chi connectivity index (χ0n) is 12.9. The van der Waals surface area contributed by atoms with Crippen LogP contribution in [-0.2, 0) is 4.74 Å². The van der Waals surface area contributed by atoms with E-state index in [1.807, 2.05) is 0 Å². The van der Waals surface area contributed by atoms with Crippen molar-refractivity contribution >= 4 is 6.09 Å². The van der Waals surface area contributed by atoms with Gasteiger partial charge in [-0.15, -0.1) is 0 Å². The number of hydrogen-bond donors (Lipinski definition) is 1. The fourth-order valence-corrected chi connectivity index (χ4v) is 2.27. The summed E-state index contributed by atoms with van der Waals surface area (Å²) in [5, 5.41) is 2.79. The van der Waals surface area contributed by atoms with Crippen LogP contribution < -0.4 is 5.32 Å². The normalized spacial score (nSPS) is 20.5. The molecule has 1 rings (SSSR count). The number of likely N-dealkylation sites (tertiary alicyclic amines) is 1. The first-order valence-electron chi connectivity index (χ1n) is 7.35. The van der Waals surface area contributed by atoms with E-state index in [-0.39, 0.29) is 18.7 Å². The predicted octanol–water partition coefficient (Wildman–Crippen LogP) is 3.32. The summed E-state index contributed by atoms with van der Waals surface area (Å²) in [5.41, 5.74) is -0.567. The van der Waals surface area contributed by atoms with Crippen LogP contribution in [0.3, 0.4) is 0 Å². The molecule has 21 heavy (non-hydrogen) atoms. The molecule has 7 heteroatoms. The van der Waals surface area contributed by atoms with Gasteiger partial charge in [0.25, 0.3) is 0 Å². The highest BCUT2D eigenvalue weighted by Gasteiger charge is 2.31. The lowest BCUT2D eigenvalue weighted by molar-refractivity contribution is -0.133. The highest BCUT2D eigenvalue weighted by molar-refractivity contribution is 5.68. The van der Waals surface area contributed by atoms with Gasteiger partial charge in [-0.3, -0.25) is 0 Å². The second kappa shape index (κ2) is 7.33. The van der Waals surface area contributed by atoms with Crippen LogP contribution in [0.25, 0.3) is 0 Å². The number of carbonyl (C=O) groups excluding carboxylic acids is 1. The van der Waals surface area contributed by atoms with E-state index in [4.69, 9.17) is 4.74 Å². The molecular weight excluding hydrogens is 285 g/mol. The van der Waals surface area contributed by atoms with E-state index < -0.39 is 18.2 Å². The Morgan fingerprint density at radius 1 is 1.29 bits per heavy atom. The molecule has 0 aromatic carbocycles. The lowest BCUT2D eigenvalue weighted by atomic mass is 10.0. The Labute approximate surface area is 124 Å². The standard InChI is InChI=1S/C14H25F3N2O2/c1-13(2,3)21-12(20)19-9-5-4-6-11(19)10-18-8-7-14(15,16)17/h11,18H,4-10H2,1-3H3. The largest absolute Gasteiger partial charge is 0.444 e. The fourth-order valence-electron chi connectivity index (χ4n) is 2.27. The highest BCUT2D eigenvalue weighted by atomic mass is 19.4. The predicted molar refractivity (Wildman–Crippen MR) is 74.1 cm³/mol. The summed E-state index contributed by atoms with van der Waals surface area (Å²) in [6, 6.07) is -0.0955. The third-order valence-electron chi connectivity index (χ3n) is 3.22. The first-order chi connectivity index (χ1) is 9.58. The molecule has 0 spiro atoms. The van der Waals surface area contributed by atoms with Gasteiger partial charge in [0.15, 0.2) is 0 Å². The average molecular weight is 310 g/mol. The van der Waals surface area contributed by atoms with Crippen molar-refractivity contribution in [3.63, 3.8) is 0 Å². The van der Waals surface area contributed by atoms with Gasteiger partial charge in [0.2, 0.25) is 0 Å². The third-order valence-corrected chi connectivity index (χ3v) is 3.22. The van der Waals surface area contributed by atoms with E-state index in [1.54, 1.807) is 25.7 Å². The van der Waals surface area contributed by atoms with Crippen molar-refractivity contribution in [2.45, 2.75) is 64.3 Å². The minimum absolute atomic E-state index is 0.0955. The average Bonchev–Trinajstić information content (AvgIpc) is 2.32. The molecule has 4 nitrogen and oxygen atoms in total. The summed E-state index contributed by atoms with van der Waals surface area (Å²) < 4.78 is 41.6. The summed E-state index contributed by atoms with van der Waals surface area (Å²) in [4.78, 5) is 13.7. The summed E-state index contributed by atoms with van der Waals surface area (Å²) in [7, 11) is 0. The van der Waals surface area contributed by atoms with E-state index in [0.717, 1.165) is 19.3 Å². The Morgan fingerprint density at radius 3 is 2.52 bits per heavy atom. The van der Waals surface area contributed by atoms with Crippen LogP contribution in [0.2, 0.25) is 0 Å². The molecule has 0 radical (unpaired) electrons. The lowest BCUT2D eigenvalue weighted by Gasteiger charge is -2.37. The van der Waals surface area contributed by atoms with Crippen molar-refractivity contribution < 1.29 is 22.7 Å². The molecule has 1 saturated heterocycles. The van der Waals surface area contributed by atoms with Gasteiger partial charge in [-0.25, -0.2) is 4.79 Å². The van der Waals surface area contributed by atoms with Crippen LogP contribution in [0.4, 0.5) is 18.0 Å². The van der Waals surface area contributed by atoms with Crippen molar-refractivity contribution in [3.05, 3.63) is 0 Å². The smallest absolute Gasteiger partial charge is 0.410 e. The van der Waals surface area contributed by atoms with Gasteiger partial charge in [0.05, 0.1) is 6.42 Å². The molecule has 1 aliphatic rings. The van der Waals surface area contributed by atoms with Crippen molar-refractivity contribution in [1.29, 1.82) is 0 Å². The zero-order valence-corrected chi connectivity index (χ0v) is 12.9. The van der Waals surface area contributed by atoms with Gasteiger partial charge >= 0.3 is 12.3 Å². The van der Waals surface area contributed by atoms with E-state index >= 15 is 0 Å². The molecule has 1 heterocycles. The highest BCUT2D eigenvalue weighted by Crippen LogP contribution is 2.21. The van der Waals surface area contributed by atoms with Crippen LogP contribution >= 0.6 is 0 Å². The quantitative estimate of drug-likeness (QED) is 0.810. The van der Waals surface area contributed by atoms with Gasteiger partial charge in [0.1, 0.15) is 5.60 Å². The van der Waals surface area contributed by atoms with Gasteiger partial charge < -0.3 is 15.0 Å². The number of nitrogens with zero attached hydrogens (tertiary/aromatic N) is 1. The minimum Gasteiger partial charge on any atom is -0.444 e. The van der Waals surface area contributed by atoms with Crippen LogP contribution in [0, 0.1) is 0 Å². The molecule has 1 N–H and O–H groups in total. The van der Waals surface area contributed by atoms with Crippen LogP contribution in [0.5, 0.6) is 0 Å². The maximum absolute atomic E-state index is 12.1. The van der Waals surface area contributed by atoms with Crippen molar-refractivity contribution in [2.75, 3.05) is 19.6 Å². The van der Waals surface area contributed by atoms with E-state index in [9.17, 15) is 18.0 Å². The molecule has 0 saturated carbocycles. The second-order valence-corrected chi connectivity index (χ2v) is 6.39. The Bertz CT molecular complexity index is 340. The molecule has 0 bridgehead atoms. The molecular formula is C14H25F3N2O2. The number of rotatable bonds is 4. The van der Waals surface area contributed by atoms with E-state index in [1.165, 1.54) is 0 Å². The third kappa shape index (κ3) is 7.55. The summed E-state index contributed by atoms with van der Waals surface area (Å²) in [5.74, 6) is 0. The number of carbonyl (C=O) groups is 1. The van der Waals surface area contributed by atoms with Crippen LogP contribution in [-0.4, -0.2) is 48.4 Å². The SMILES string of the molecule is CC(C)(C)OC(=O)N1CCCCC1CNCCC(F)(F)F. The Balaban J connectivity index is 2.44. The Morgan fingerprint density at radius 2 is 1.95 bits per heavy atom. The molecule has 0 aliphatic carbocycles. The summed E-state index contributed by atoms with van der Waals surface area (Å²) in [6.07, 6.45) is -2.72. The maximum Gasteiger partial charge on any atom is 0.410 e. The van der Waals surface area contributed by atoms with Gasteiger partial charge in [0, 0.05) is 25.7 Å². The van der Waals surface area contributed by atoms with Gasteiger partial charge in [-0.1, -0.05) is 0 Å².